The van der Waals surface area contributed by atoms with Crippen LogP contribution < -0.4 is 5.32 Å². The number of benzene rings is 1. The van der Waals surface area contributed by atoms with Gasteiger partial charge in [0.15, 0.2) is 0 Å². The first-order chi connectivity index (χ1) is 10.1. The van der Waals surface area contributed by atoms with E-state index in [-0.39, 0.29) is 6.42 Å². The Hall–Kier alpha value is -3.07. The van der Waals surface area contributed by atoms with Gasteiger partial charge >= 0.3 is 5.97 Å². The lowest BCUT2D eigenvalue weighted by Gasteiger charge is -2.13. The van der Waals surface area contributed by atoms with E-state index in [2.05, 4.69) is 21.2 Å². The summed E-state index contributed by atoms with van der Waals surface area (Å²) in [7, 11) is 0. The minimum absolute atomic E-state index is 0.0942. The number of carbonyl (C=O) groups excluding carboxylic acids is 1. The second kappa shape index (κ2) is 6.39. The molecule has 1 aromatic heterocycles. The topological polar surface area (TPSA) is 95.1 Å². The highest BCUT2D eigenvalue weighted by molar-refractivity contribution is 5.96. The van der Waals surface area contributed by atoms with Gasteiger partial charge in [-0.1, -0.05) is 5.92 Å². The minimum atomic E-state index is -1.13. The second-order valence-corrected chi connectivity index (χ2v) is 4.33. The van der Waals surface area contributed by atoms with Crippen LogP contribution >= 0.6 is 0 Å². The number of carbonyl (C=O) groups is 2. The predicted molar refractivity (Wildman–Crippen MR) is 73.9 cm³/mol. The summed E-state index contributed by atoms with van der Waals surface area (Å²) in [4.78, 5) is 29.9. The molecule has 2 aromatic rings. The van der Waals surface area contributed by atoms with Gasteiger partial charge in [-0.15, -0.1) is 0 Å². The van der Waals surface area contributed by atoms with Crippen molar-refractivity contribution in [2.75, 3.05) is 0 Å². The lowest BCUT2D eigenvalue weighted by molar-refractivity contribution is -0.139. The summed E-state index contributed by atoms with van der Waals surface area (Å²) >= 11 is 0. The first-order valence-corrected chi connectivity index (χ1v) is 6.14. The molecule has 1 aromatic carbocycles. The summed E-state index contributed by atoms with van der Waals surface area (Å²) < 4.78 is 0. The number of H-pyrrole nitrogens is 1. The van der Waals surface area contributed by atoms with E-state index in [1.54, 1.807) is 18.3 Å². The minimum Gasteiger partial charge on any atom is -0.480 e. The van der Waals surface area contributed by atoms with Crippen molar-refractivity contribution in [2.24, 2.45) is 0 Å². The largest absolute Gasteiger partial charge is 0.480 e. The van der Waals surface area contributed by atoms with Crippen LogP contribution in [0.25, 0.3) is 0 Å². The maximum Gasteiger partial charge on any atom is 0.326 e. The van der Waals surface area contributed by atoms with Gasteiger partial charge in [0.2, 0.25) is 0 Å². The average molecular weight is 282 g/mol. The number of imidazole rings is 1. The molecular weight excluding hydrogens is 270 g/mol. The number of aromatic amines is 1. The van der Waals surface area contributed by atoms with Crippen molar-refractivity contribution in [2.45, 2.75) is 12.5 Å². The summed E-state index contributed by atoms with van der Waals surface area (Å²) in [6.07, 6.45) is 10.1. The van der Waals surface area contributed by atoms with Gasteiger partial charge in [-0.3, -0.25) is 4.79 Å². The quantitative estimate of drug-likeness (QED) is 0.706. The van der Waals surface area contributed by atoms with Crippen LogP contribution in [-0.4, -0.2) is 33.0 Å². The van der Waals surface area contributed by atoms with Crippen LogP contribution in [0.5, 0.6) is 0 Å². The van der Waals surface area contributed by atoms with Gasteiger partial charge in [-0.25, -0.2) is 9.78 Å². The highest BCUT2D eigenvalue weighted by Gasteiger charge is 2.21. The molecule has 3 N–H and O–H groups in total. The van der Waals surface area contributed by atoms with Crippen LogP contribution in [0.4, 0.5) is 0 Å². The van der Waals surface area contributed by atoms with E-state index in [1.807, 2.05) is 0 Å². The first kappa shape index (κ1) is 14.3. The number of nitrogens with one attached hydrogen (secondary N) is 2. The molecule has 0 aliphatic rings. The van der Waals surface area contributed by atoms with Crippen molar-refractivity contribution in [3.63, 3.8) is 0 Å². The number of carboxylic acids is 1. The third-order valence-electron chi connectivity index (χ3n) is 2.86. The predicted octanol–water partition coefficient (Wildman–Crippen LogP) is 0.773. The monoisotopic (exact) mass is 282 g/mol. The molecule has 2 rings (SSSR count). The van der Waals surface area contributed by atoms with Gasteiger partial charge < -0.3 is 15.4 Å². The van der Waals surface area contributed by atoms with Gasteiger partial charge in [0.25, 0.3) is 5.91 Å². The van der Waals surface area contributed by atoms with E-state index in [0.717, 1.165) is 0 Å². The molecule has 6 heteroatoms. The molecule has 1 atom stereocenters. The van der Waals surface area contributed by atoms with E-state index >= 15 is 0 Å². The normalized spacial score (nSPS) is 11.4. The summed E-state index contributed by atoms with van der Waals surface area (Å²) in [5, 5.41) is 11.6. The number of hydrogen-bond acceptors (Lipinski definition) is 3. The van der Waals surface area contributed by atoms with Crippen molar-refractivity contribution >= 4 is 11.9 Å². The number of aliphatic carboxylic acids is 1. The molecule has 0 saturated heterocycles. The molecule has 1 amide bonds. The molecular formula is C15H12N3O3. The van der Waals surface area contributed by atoms with Crippen molar-refractivity contribution in [3.8, 4) is 5.92 Å². The van der Waals surface area contributed by atoms with Gasteiger partial charge in [0, 0.05) is 23.7 Å². The number of hydrogen-bond donors (Lipinski definition) is 3. The van der Waals surface area contributed by atoms with Crippen LogP contribution in [0.2, 0.25) is 0 Å². The zero-order valence-electron chi connectivity index (χ0n) is 11.0. The first-order valence-electron chi connectivity index (χ1n) is 6.14. The highest BCUT2D eigenvalue weighted by Crippen LogP contribution is 2.05. The lowest BCUT2D eigenvalue weighted by Crippen LogP contribution is -2.42. The molecule has 0 saturated carbocycles. The molecule has 0 aliphatic carbocycles. The zero-order chi connectivity index (χ0) is 15.2. The molecule has 1 unspecified atom stereocenters. The van der Waals surface area contributed by atoms with E-state index < -0.39 is 17.9 Å². The van der Waals surface area contributed by atoms with Crippen molar-refractivity contribution < 1.29 is 14.7 Å². The Balaban J connectivity index is 2.07. The van der Waals surface area contributed by atoms with Crippen molar-refractivity contribution in [1.29, 1.82) is 0 Å². The second-order valence-electron chi connectivity index (χ2n) is 4.33. The molecule has 1 heterocycles. The van der Waals surface area contributed by atoms with Crippen LogP contribution in [0, 0.1) is 12.3 Å². The summed E-state index contributed by atoms with van der Waals surface area (Å²) in [6, 6.07) is 5.09. The van der Waals surface area contributed by atoms with Crippen molar-refractivity contribution in [3.05, 3.63) is 60.0 Å². The van der Waals surface area contributed by atoms with E-state index in [1.165, 1.54) is 18.5 Å². The standard InChI is InChI=1S/C15H12N3O3/c1-2-10-3-5-11(6-4-10)14(19)18-13(15(20)21)7-12-8-16-9-17-12/h3-6,8-9,13H,7H2,(H,16,17)(H,18,19)(H,20,21). The Morgan fingerprint density at radius 2 is 2.10 bits per heavy atom. The Labute approximate surface area is 121 Å². The maximum absolute atomic E-state index is 12.0. The van der Waals surface area contributed by atoms with Crippen LogP contribution in [0.15, 0.2) is 36.8 Å². The van der Waals surface area contributed by atoms with E-state index in [9.17, 15) is 9.59 Å². The smallest absolute Gasteiger partial charge is 0.326 e. The van der Waals surface area contributed by atoms with Crippen LogP contribution in [-0.2, 0) is 11.2 Å². The zero-order valence-corrected chi connectivity index (χ0v) is 11.0. The molecule has 0 fully saturated rings. The van der Waals surface area contributed by atoms with Crippen LogP contribution in [0.3, 0.4) is 0 Å². The molecule has 6 nitrogen and oxygen atoms in total. The number of aromatic nitrogens is 2. The van der Waals surface area contributed by atoms with Gasteiger partial charge in [-0.2, -0.15) is 0 Å². The molecule has 0 aliphatic heterocycles. The fourth-order valence-corrected chi connectivity index (χ4v) is 1.76. The molecule has 1 radical (unpaired) electrons. The number of amides is 1. The summed E-state index contributed by atoms with van der Waals surface area (Å²) in [5.74, 6) is 0.574. The number of nitrogens with zero attached hydrogens (tertiary/aromatic N) is 1. The average Bonchev–Trinajstić information content (AvgIpc) is 2.99. The Kier molecular flexibility index (Phi) is 4.36. The number of rotatable bonds is 5. The fraction of sp³-hybridized carbons (Fsp3) is 0.133. The Morgan fingerprint density at radius 1 is 1.38 bits per heavy atom. The third-order valence-corrected chi connectivity index (χ3v) is 2.86. The van der Waals surface area contributed by atoms with Gasteiger partial charge in [-0.05, 0) is 30.7 Å². The molecule has 0 spiro atoms. The van der Waals surface area contributed by atoms with Crippen LogP contribution in [0.1, 0.15) is 21.6 Å². The fourth-order valence-electron chi connectivity index (χ4n) is 1.76. The SMILES string of the molecule is [C]#Cc1ccc(C(=O)NC(Cc2c[nH]cn2)C(=O)O)cc1. The van der Waals surface area contributed by atoms with E-state index in [0.29, 0.717) is 16.8 Å². The maximum atomic E-state index is 12.0. The lowest BCUT2D eigenvalue weighted by atomic mass is 10.1. The Bertz CT molecular complexity index is 669. The summed E-state index contributed by atoms with van der Waals surface area (Å²) in [6.45, 7) is 0. The molecule has 21 heavy (non-hydrogen) atoms. The van der Waals surface area contributed by atoms with Crippen molar-refractivity contribution in [1.82, 2.24) is 15.3 Å². The Morgan fingerprint density at radius 3 is 2.62 bits per heavy atom. The van der Waals surface area contributed by atoms with Gasteiger partial charge in [0.05, 0.1) is 12.0 Å². The number of carboxylic acid groups (broad SMARTS) is 1. The summed E-state index contributed by atoms with van der Waals surface area (Å²) in [5.41, 5.74) is 1.41. The molecule has 0 bridgehead atoms. The third kappa shape index (κ3) is 3.70. The molecule has 105 valence electrons. The van der Waals surface area contributed by atoms with E-state index in [4.69, 9.17) is 11.5 Å². The van der Waals surface area contributed by atoms with Gasteiger partial charge in [0.1, 0.15) is 6.04 Å². The highest BCUT2D eigenvalue weighted by atomic mass is 16.4.